The number of hydrogen-bond acceptors (Lipinski definition) is 7. The zero-order valence-corrected chi connectivity index (χ0v) is 18.6. The topological polar surface area (TPSA) is 103 Å². The zero-order valence-electron chi connectivity index (χ0n) is 17.8. The van der Waals surface area contributed by atoms with Crippen LogP contribution in [0, 0.1) is 0 Å². The molecule has 3 aliphatic rings. The summed E-state index contributed by atoms with van der Waals surface area (Å²) in [4.78, 5) is 31.5. The fourth-order valence-electron chi connectivity index (χ4n) is 4.53. The first kappa shape index (κ1) is 20.6. The van der Waals surface area contributed by atoms with Crippen LogP contribution >= 0.6 is 11.3 Å². The van der Waals surface area contributed by atoms with E-state index >= 15 is 0 Å². The summed E-state index contributed by atoms with van der Waals surface area (Å²) in [5, 5.41) is 13.7. The van der Waals surface area contributed by atoms with Gasteiger partial charge in [0.25, 0.3) is 5.89 Å². The molecule has 1 aliphatic heterocycles. The van der Waals surface area contributed by atoms with Crippen LogP contribution in [0.25, 0.3) is 11.5 Å². The van der Waals surface area contributed by atoms with Crippen molar-refractivity contribution in [2.75, 3.05) is 0 Å². The molecular weight excluding hydrogens is 416 g/mol. The molecule has 1 fully saturated rings. The van der Waals surface area contributed by atoms with Crippen LogP contribution in [0.1, 0.15) is 79.4 Å². The highest BCUT2D eigenvalue weighted by atomic mass is 32.1. The van der Waals surface area contributed by atoms with Gasteiger partial charge in [0, 0.05) is 39.7 Å². The zero-order chi connectivity index (χ0) is 21.8. The molecule has 2 aromatic heterocycles. The van der Waals surface area contributed by atoms with E-state index in [1.54, 1.807) is 11.3 Å². The second-order valence-electron chi connectivity index (χ2n) is 9.33. The van der Waals surface area contributed by atoms with E-state index in [-0.39, 0.29) is 23.4 Å². The maximum Gasteiger partial charge on any atom is 0.331 e. The van der Waals surface area contributed by atoms with Crippen molar-refractivity contribution in [3.8, 4) is 11.5 Å². The van der Waals surface area contributed by atoms with E-state index < -0.39 is 5.97 Å². The molecule has 0 spiro atoms. The molecule has 0 amide bonds. The molecule has 0 atom stereocenters. The lowest BCUT2D eigenvalue weighted by atomic mass is 9.87. The fraction of sp³-hybridized carbons (Fsp3) is 0.565. The first-order valence-corrected chi connectivity index (χ1v) is 11.7. The number of rotatable bonds is 6. The van der Waals surface area contributed by atoms with Crippen molar-refractivity contribution in [1.82, 2.24) is 10.1 Å². The second-order valence-corrected chi connectivity index (χ2v) is 10.5. The average Bonchev–Trinajstić information content (AvgIpc) is 3.37. The number of allylic oxidation sites excluding steroid dienone is 1. The number of Topliss-reactive ketones (excluding diaryl/α,β-unsaturated/α-hetero) is 1. The highest BCUT2D eigenvalue weighted by Crippen LogP contribution is 2.44. The lowest BCUT2D eigenvalue weighted by molar-refractivity contribution is -0.133. The molecule has 2 aliphatic carbocycles. The van der Waals surface area contributed by atoms with E-state index in [4.69, 9.17) is 9.26 Å². The summed E-state index contributed by atoms with van der Waals surface area (Å²) in [6, 6.07) is 0. The summed E-state index contributed by atoms with van der Waals surface area (Å²) in [6.07, 6.45) is 5.67. The Labute approximate surface area is 184 Å². The Morgan fingerprint density at radius 3 is 2.65 bits per heavy atom. The number of ether oxygens (including phenoxy) is 1. The number of carboxylic acid groups (broad SMARTS) is 1. The Bertz CT molecular complexity index is 1090. The van der Waals surface area contributed by atoms with Gasteiger partial charge in [-0.1, -0.05) is 5.16 Å². The van der Waals surface area contributed by atoms with Gasteiger partial charge in [-0.3, -0.25) is 4.79 Å². The minimum Gasteiger partial charge on any atom is -0.478 e. The Hall–Kier alpha value is -2.32. The van der Waals surface area contributed by atoms with Crippen LogP contribution in [0.15, 0.2) is 15.7 Å². The number of thiophene rings is 1. The number of carboxylic acids is 1. The molecule has 0 aromatic carbocycles. The third kappa shape index (κ3) is 3.99. The van der Waals surface area contributed by atoms with Gasteiger partial charge in [0.2, 0.25) is 0 Å². The highest BCUT2D eigenvalue weighted by Gasteiger charge is 2.36. The molecule has 0 bridgehead atoms. The normalized spacial score (nSPS) is 20.6. The minimum atomic E-state index is -0.977. The van der Waals surface area contributed by atoms with Crippen molar-refractivity contribution in [2.45, 2.75) is 83.3 Å². The number of carbonyl (C=O) groups excluding carboxylic acids is 1. The fourth-order valence-corrected chi connectivity index (χ4v) is 5.76. The first-order valence-electron chi connectivity index (χ1n) is 10.9. The number of hydrogen-bond donors (Lipinski definition) is 1. The van der Waals surface area contributed by atoms with Crippen LogP contribution < -0.4 is 0 Å². The van der Waals surface area contributed by atoms with Gasteiger partial charge in [-0.2, -0.15) is 4.98 Å². The van der Waals surface area contributed by atoms with E-state index in [9.17, 15) is 14.7 Å². The maximum absolute atomic E-state index is 13.2. The summed E-state index contributed by atoms with van der Waals surface area (Å²) in [7, 11) is 0. The van der Waals surface area contributed by atoms with Crippen LogP contribution in [0.2, 0.25) is 0 Å². The maximum atomic E-state index is 13.2. The van der Waals surface area contributed by atoms with Crippen LogP contribution in [-0.4, -0.2) is 32.6 Å². The number of carbonyl (C=O) groups is 2. The van der Waals surface area contributed by atoms with Gasteiger partial charge in [0.1, 0.15) is 0 Å². The molecule has 0 radical (unpaired) electrons. The van der Waals surface area contributed by atoms with E-state index in [1.807, 2.05) is 0 Å². The Morgan fingerprint density at radius 2 is 1.94 bits per heavy atom. The summed E-state index contributed by atoms with van der Waals surface area (Å²) >= 11 is 1.55. The van der Waals surface area contributed by atoms with Crippen molar-refractivity contribution in [3.05, 3.63) is 32.3 Å². The lowest BCUT2D eigenvalue weighted by Crippen LogP contribution is -2.31. The van der Waals surface area contributed by atoms with E-state index in [0.29, 0.717) is 43.3 Å². The molecule has 8 heteroatoms. The predicted molar refractivity (Wildman–Crippen MR) is 114 cm³/mol. The molecule has 0 unspecified atom stereocenters. The van der Waals surface area contributed by atoms with E-state index in [0.717, 1.165) is 52.4 Å². The molecule has 1 saturated carbocycles. The smallest absolute Gasteiger partial charge is 0.331 e. The third-order valence-electron chi connectivity index (χ3n) is 6.34. The van der Waals surface area contributed by atoms with Crippen LogP contribution in [0.4, 0.5) is 0 Å². The van der Waals surface area contributed by atoms with Crippen molar-refractivity contribution >= 4 is 23.1 Å². The first-order chi connectivity index (χ1) is 14.8. The molecule has 164 valence electrons. The van der Waals surface area contributed by atoms with Crippen molar-refractivity contribution in [2.24, 2.45) is 0 Å². The lowest BCUT2D eigenvalue weighted by Gasteiger charge is -2.30. The van der Waals surface area contributed by atoms with Crippen LogP contribution in [0.3, 0.4) is 0 Å². The number of ketones is 1. The minimum absolute atomic E-state index is 0.112. The van der Waals surface area contributed by atoms with E-state index in [1.165, 1.54) is 0 Å². The van der Waals surface area contributed by atoms with Crippen molar-refractivity contribution < 1.29 is 24.0 Å². The number of fused-ring (bicyclic) bond motifs is 1. The predicted octanol–water partition coefficient (Wildman–Crippen LogP) is 4.59. The SMILES string of the molecule is CC1(C)Cc2c(sc(CC(=O)C3=C(C(=O)O)CCCC3)c2-c2nc(C3CC3)no2)CO1. The summed E-state index contributed by atoms with van der Waals surface area (Å²) in [5.74, 6) is 0.494. The van der Waals surface area contributed by atoms with Gasteiger partial charge >= 0.3 is 5.97 Å². The summed E-state index contributed by atoms with van der Waals surface area (Å²) < 4.78 is 11.7. The molecular formula is C23H26N2O5S. The summed E-state index contributed by atoms with van der Waals surface area (Å²) in [5.41, 5.74) is 2.41. The van der Waals surface area contributed by atoms with Crippen molar-refractivity contribution in [3.63, 3.8) is 0 Å². The number of aromatic nitrogens is 2. The Balaban J connectivity index is 1.54. The molecule has 7 nitrogen and oxygen atoms in total. The van der Waals surface area contributed by atoms with Crippen LogP contribution in [-0.2, 0) is 33.8 Å². The second kappa shape index (κ2) is 7.67. The van der Waals surface area contributed by atoms with Crippen molar-refractivity contribution in [1.29, 1.82) is 0 Å². The highest BCUT2D eigenvalue weighted by molar-refractivity contribution is 7.12. The standard InChI is InChI=1S/C23H26N2O5S/c1-23(2)10-15-18(11-29-23)31-17(19(15)21-24-20(25-30-21)12-7-8-12)9-16(26)13-5-3-4-6-14(13)22(27)28/h12H,3-11H2,1-2H3,(H,27,28). The average molecular weight is 443 g/mol. The molecule has 5 rings (SSSR count). The molecule has 31 heavy (non-hydrogen) atoms. The van der Waals surface area contributed by atoms with Gasteiger partial charge in [0.05, 0.1) is 17.8 Å². The number of aliphatic carboxylic acids is 1. The van der Waals surface area contributed by atoms with Gasteiger partial charge in [0.15, 0.2) is 11.6 Å². The quantitative estimate of drug-likeness (QED) is 0.698. The molecule has 1 N–H and O–H groups in total. The number of nitrogens with zero attached hydrogens (tertiary/aromatic N) is 2. The summed E-state index contributed by atoms with van der Waals surface area (Å²) in [6.45, 7) is 4.59. The monoisotopic (exact) mass is 442 g/mol. The van der Waals surface area contributed by atoms with Crippen LogP contribution in [0.5, 0.6) is 0 Å². The third-order valence-corrected chi connectivity index (χ3v) is 7.55. The van der Waals surface area contributed by atoms with Gasteiger partial charge in [-0.25, -0.2) is 4.79 Å². The molecule has 3 heterocycles. The Kier molecular flexibility index (Phi) is 5.09. The van der Waals surface area contributed by atoms with E-state index in [2.05, 4.69) is 24.0 Å². The Morgan fingerprint density at radius 1 is 1.19 bits per heavy atom. The molecule has 2 aromatic rings. The van der Waals surface area contributed by atoms with Gasteiger partial charge in [-0.15, -0.1) is 11.3 Å². The molecule has 0 saturated heterocycles. The van der Waals surface area contributed by atoms with Gasteiger partial charge in [-0.05, 0) is 57.9 Å². The van der Waals surface area contributed by atoms with Gasteiger partial charge < -0.3 is 14.4 Å². The largest absolute Gasteiger partial charge is 0.478 e.